The quantitative estimate of drug-likeness (QED) is 0.129. The van der Waals surface area contributed by atoms with Gasteiger partial charge in [0.15, 0.2) is 0 Å². The Kier molecular flexibility index (Phi) is 10.1. The van der Waals surface area contributed by atoms with E-state index in [1.165, 1.54) is 15.8 Å². The minimum atomic E-state index is -1.20. The fraction of sp³-hybridized carbons (Fsp3) is 0.438. The van der Waals surface area contributed by atoms with Gasteiger partial charge in [-0.1, -0.05) is 25.0 Å². The van der Waals surface area contributed by atoms with Crippen molar-refractivity contribution in [3.05, 3.63) is 65.7 Å². The number of thiophene rings is 1. The first-order valence-electron chi connectivity index (χ1n) is 14.5. The summed E-state index contributed by atoms with van der Waals surface area (Å²) in [6.07, 6.45) is 5.68. The van der Waals surface area contributed by atoms with Gasteiger partial charge in [0.1, 0.15) is 5.75 Å². The molecule has 0 unspecified atom stereocenters. The number of aromatic nitrogens is 1. The second-order valence-electron chi connectivity index (χ2n) is 10.4. The van der Waals surface area contributed by atoms with E-state index in [1.807, 2.05) is 17.4 Å². The van der Waals surface area contributed by atoms with Gasteiger partial charge in [-0.15, -0.1) is 11.3 Å². The van der Waals surface area contributed by atoms with E-state index in [0.29, 0.717) is 0 Å². The van der Waals surface area contributed by atoms with Gasteiger partial charge in [0.05, 0.1) is 18.7 Å². The topological polar surface area (TPSA) is 75.1 Å². The molecule has 0 aliphatic carbocycles. The third-order valence-corrected chi connectivity index (χ3v) is 8.48. The Labute approximate surface area is 240 Å². The number of piperazine rings is 1. The standard InChI is InChI=1S/C32H39N3O4S/c36-32(37)39-22-5-2-1-3-8-26-13-11-25-12-14-27(24-29(25)33-26)38-21-6-4-16-34-17-19-35(20-18-34)30-9-7-10-31-28(30)15-23-40-31/h7,9-15,23-24H,1-6,8,16-22H2,(H,36,37). The Hall–Kier alpha value is -3.36. The smallest absolute Gasteiger partial charge is 0.494 e. The molecule has 0 atom stereocenters. The minimum absolute atomic E-state index is 0.275. The number of benzene rings is 2. The molecule has 2 aromatic carbocycles. The number of pyridine rings is 1. The van der Waals surface area contributed by atoms with E-state index >= 15 is 0 Å². The van der Waals surface area contributed by atoms with Crippen molar-refractivity contribution >= 4 is 44.2 Å². The summed E-state index contributed by atoms with van der Waals surface area (Å²) in [6.45, 7) is 6.50. The lowest BCUT2D eigenvalue weighted by Crippen LogP contribution is -2.46. The first-order chi connectivity index (χ1) is 19.7. The zero-order chi connectivity index (χ0) is 27.6. The van der Waals surface area contributed by atoms with Gasteiger partial charge in [-0.05, 0) is 80.4 Å². The number of carboxylic acid groups (broad SMARTS) is 1. The SMILES string of the molecule is O=C(O)OCCCCCCc1ccc2ccc(OCCCCN3CCN(c4cccc5sccc45)CC3)cc2n1. The second-order valence-corrected chi connectivity index (χ2v) is 11.4. The highest BCUT2D eigenvalue weighted by Gasteiger charge is 2.18. The van der Waals surface area contributed by atoms with E-state index in [9.17, 15) is 4.79 Å². The highest BCUT2D eigenvalue weighted by Crippen LogP contribution is 2.31. The van der Waals surface area contributed by atoms with E-state index in [-0.39, 0.29) is 6.61 Å². The molecule has 1 aliphatic rings. The van der Waals surface area contributed by atoms with Crippen molar-refractivity contribution in [3.63, 3.8) is 0 Å². The van der Waals surface area contributed by atoms with Gasteiger partial charge < -0.3 is 19.5 Å². The van der Waals surface area contributed by atoms with Crippen LogP contribution in [0.2, 0.25) is 0 Å². The van der Waals surface area contributed by atoms with Crippen LogP contribution in [-0.2, 0) is 11.2 Å². The maximum Gasteiger partial charge on any atom is 0.505 e. The van der Waals surface area contributed by atoms with Crippen LogP contribution in [0.4, 0.5) is 10.5 Å². The van der Waals surface area contributed by atoms with Crippen LogP contribution in [0, 0.1) is 0 Å². The van der Waals surface area contributed by atoms with Crippen LogP contribution in [0.1, 0.15) is 44.2 Å². The molecular weight excluding hydrogens is 522 g/mol. The lowest BCUT2D eigenvalue weighted by atomic mass is 10.1. The average molecular weight is 562 g/mol. The van der Waals surface area contributed by atoms with Gasteiger partial charge in [-0.3, -0.25) is 9.88 Å². The van der Waals surface area contributed by atoms with E-state index in [1.54, 1.807) is 0 Å². The summed E-state index contributed by atoms with van der Waals surface area (Å²) >= 11 is 1.82. The molecule has 1 saturated heterocycles. The van der Waals surface area contributed by atoms with Crippen molar-refractivity contribution < 1.29 is 19.4 Å². The summed E-state index contributed by atoms with van der Waals surface area (Å²) in [6, 6.07) is 19.3. The highest BCUT2D eigenvalue weighted by atomic mass is 32.1. The number of ether oxygens (including phenoxy) is 2. The summed E-state index contributed by atoms with van der Waals surface area (Å²) < 4.78 is 12.0. The maximum absolute atomic E-state index is 10.4. The van der Waals surface area contributed by atoms with Crippen LogP contribution < -0.4 is 9.64 Å². The summed E-state index contributed by atoms with van der Waals surface area (Å²) in [4.78, 5) is 20.3. The lowest BCUT2D eigenvalue weighted by molar-refractivity contribution is 0.0900. The van der Waals surface area contributed by atoms with Crippen molar-refractivity contribution in [2.45, 2.75) is 44.9 Å². The van der Waals surface area contributed by atoms with Crippen LogP contribution in [0.3, 0.4) is 0 Å². The van der Waals surface area contributed by atoms with Crippen LogP contribution in [-0.4, -0.2) is 67.1 Å². The zero-order valence-electron chi connectivity index (χ0n) is 23.1. The third-order valence-electron chi connectivity index (χ3n) is 7.60. The average Bonchev–Trinajstić information content (AvgIpc) is 3.46. The molecule has 4 aromatic rings. The number of hydrogen-bond donors (Lipinski definition) is 1. The predicted molar refractivity (Wildman–Crippen MR) is 163 cm³/mol. The number of anilines is 1. The molecule has 212 valence electrons. The molecule has 0 amide bonds. The predicted octanol–water partition coefficient (Wildman–Crippen LogP) is 7.23. The van der Waals surface area contributed by atoms with E-state index < -0.39 is 6.16 Å². The van der Waals surface area contributed by atoms with Gasteiger partial charge in [-0.25, -0.2) is 4.79 Å². The molecule has 1 fully saturated rings. The number of nitrogens with zero attached hydrogens (tertiary/aromatic N) is 3. The number of rotatable bonds is 14. The van der Waals surface area contributed by atoms with Crippen molar-refractivity contribution in [1.29, 1.82) is 0 Å². The molecule has 0 saturated carbocycles. The summed E-state index contributed by atoms with van der Waals surface area (Å²) in [7, 11) is 0. The molecule has 0 spiro atoms. The van der Waals surface area contributed by atoms with Crippen LogP contribution in [0.5, 0.6) is 5.75 Å². The van der Waals surface area contributed by atoms with Crippen LogP contribution in [0.15, 0.2) is 60.0 Å². The first kappa shape index (κ1) is 28.2. The van der Waals surface area contributed by atoms with Crippen molar-refractivity contribution in [3.8, 4) is 5.75 Å². The molecule has 5 rings (SSSR count). The van der Waals surface area contributed by atoms with Gasteiger partial charge in [-0.2, -0.15) is 0 Å². The molecule has 3 heterocycles. The maximum atomic E-state index is 10.4. The van der Waals surface area contributed by atoms with E-state index in [2.05, 4.69) is 68.4 Å². The normalized spacial score (nSPS) is 14.2. The van der Waals surface area contributed by atoms with Gasteiger partial charge >= 0.3 is 6.16 Å². The number of hydrogen-bond acceptors (Lipinski definition) is 7. The molecule has 1 N–H and O–H groups in total. The fourth-order valence-electron chi connectivity index (χ4n) is 5.38. The Morgan fingerprint density at radius 3 is 2.60 bits per heavy atom. The minimum Gasteiger partial charge on any atom is -0.494 e. The number of carbonyl (C=O) groups is 1. The van der Waals surface area contributed by atoms with Crippen molar-refractivity contribution in [1.82, 2.24) is 9.88 Å². The third kappa shape index (κ3) is 7.86. The lowest BCUT2D eigenvalue weighted by Gasteiger charge is -2.36. The van der Waals surface area contributed by atoms with Crippen molar-refractivity contribution in [2.75, 3.05) is 50.8 Å². The van der Waals surface area contributed by atoms with E-state index in [4.69, 9.17) is 14.8 Å². The second kappa shape index (κ2) is 14.3. The summed E-state index contributed by atoms with van der Waals surface area (Å²) in [5, 5.41) is 13.2. The Balaban J connectivity index is 0.988. The summed E-state index contributed by atoms with van der Waals surface area (Å²) in [5.41, 5.74) is 3.43. The highest BCUT2D eigenvalue weighted by molar-refractivity contribution is 7.17. The fourth-order valence-corrected chi connectivity index (χ4v) is 6.19. The Morgan fingerprint density at radius 1 is 0.900 bits per heavy atom. The van der Waals surface area contributed by atoms with Crippen LogP contribution in [0.25, 0.3) is 21.0 Å². The number of fused-ring (bicyclic) bond motifs is 2. The molecule has 40 heavy (non-hydrogen) atoms. The summed E-state index contributed by atoms with van der Waals surface area (Å²) in [5.74, 6) is 0.881. The van der Waals surface area contributed by atoms with Crippen LogP contribution >= 0.6 is 11.3 Å². The first-order valence-corrected chi connectivity index (χ1v) is 15.4. The Bertz CT molecular complexity index is 1380. The van der Waals surface area contributed by atoms with Gasteiger partial charge in [0.2, 0.25) is 0 Å². The number of unbranched alkanes of at least 4 members (excludes halogenated alkanes) is 4. The molecule has 1 aliphatic heterocycles. The Morgan fingerprint density at radius 2 is 1.73 bits per heavy atom. The van der Waals surface area contributed by atoms with Gasteiger partial charge in [0.25, 0.3) is 0 Å². The molecule has 7 nitrogen and oxygen atoms in total. The molecule has 2 aromatic heterocycles. The number of aryl methyl sites for hydroxylation is 1. The molecule has 8 heteroatoms. The molecule has 0 radical (unpaired) electrons. The molecule has 0 bridgehead atoms. The monoisotopic (exact) mass is 561 g/mol. The largest absolute Gasteiger partial charge is 0.505 e. The molecular formula is C32H39N3O4S. The zero-order valence-corrected chi connectivity index (χ0v) is 23.9. The van der Waals surface area contributed by atoms with Gasteiger partial charge in [0, 0.05) is 59.1 Å². The van der Waals surface area contributed by atoms with E-state index in [0.717, 1.165) is 107 Å². The van der Waals surface area contributed by atoms with Crippen molar-refractivity contribution in [2.24, 2.45) is 0 Å².